The van der Waals surface area contributed by atoms with Crippen molar-refractivity contribution in [1.29, 1.82) is 0 Å². The Labute approximate surface area is 155 Å². The summed E-state index contributed by atoms with van der Waals surface area (Å²) in [5.74, 6) is 0.650. The molecule has 0 aromatic carbocycles. The highest BCUT2D eigenvalue weighted by atomic mass is 35.5. The molecule has 0 aliphatic rings. The summed E-state index contributed by atoms with van der Waals surface area (Å²) in [4.78, 5) is 0. The molecule has 0 amide bonds. The minimum Gasteiger partial charge on any atom is -0.661 e. The average molecular weight is 351 g/mol. The van der Waals surface area contributed by atoms with Gasteiger partial charge in [-0.25, -0.2) is 0 Å². The van der Waals surface area contributed by atoms with Gasteiger partial charge >= 0.3 is 0 Å². The van der Waals surface area contributed by atoms with Crippen molar-refractivity contribution in [2.75, 3.05) is 19.0 Å². The lowest BCUT2D eigenvalue weighted by Crippen LogP contribution is -1.89. The molecular formula is C22H37ClN-. The number of alkyl halides is 1. The van der Waals surface area contributed by atoms with Crippen LogP contribution in [0.5, 0.6) is 0 Å². The zero-order valence-electron chi connectivity index (χ0n) is 15.6. The quantitative estimate of drug-likeness (QED) is 0.145. The van der Waals surface area contributed by atoms with Gasteiger partial charge in [-0.1, -0.05) is 81.2 Å². The predicted molar refractivity (Wildman–Crippen MR) is 112 cm³/mol. The maximum absolute atomic E-state index is 5.57. The summed E-state index contributed by atoms with van der Waals surface area (Å²) in [5, 5.41) is 4.32. The molecule has 0 aromatic heterocycles. The van der Waals surface area contributed by atoms with Crippen molar-refractivity contribution in [2.24, 2.45) is 0 Å². The molecular weight excluding hydrogens is 314 g/mol. The fraction of sp³-hybridized carbons (Fsp3) is 0.636. The van der Waals surface area contributed by atoms with Gasteiger partial charge in [0.1, 0.15) is 0 Å². The minimum absolute atomic E-state index is 0.650. The zero-order chi connectivity index (χ0) is 17.6. The lowest BCUT2D eigenvalue weighted by molar-refractivity contribution is 0.728. The van der Waals surface area contributed by atoms with Crippen molar-refractivity contribution < 1.29 is 0 Å². The summed E-state index contributed by atoms with van der Waals surface area (Å²) >= 11 is 5.57. The van der Waals surface area contributed by atoms with Gasteiger partial charge in [0.25, 0.3) is 0 Å². The number of hydrogen-bond donors (Lipinski definition) is 0. The molecule has 24 heavy (non-hydrogen) atoms. The summed E-state index contributed by atoms with van der Waals surface area (Å²) < 4.78 is 0. The van der Waals surface area contributed by atoms with E-state index in [4.69, 9.17) is 11.6 Å². The maximum atomic E-state index is 5.57. The molecule has 0 rings (SSSR count). The van der Waals surface area contributed by atoms with E-state index < -0.39 is 0 Å². The molecule has 0 aliphatic carbocycles. The van der Waals surface area contributed by atoms with E-state index in [9.17, 15) is 0 Å². The van der Waals surface area contributed by atoms with Crippen molar-refractivity contribution in [3.63, 3.8) is 0 Å². The molecule has 0 saturated carbocycles. The van der Waals surface area contributed by atoms with Crippen LogP contribution in [0.4, 0.5) is 0 Å². The molecule has 0 unspecified atom stereocenters. The van der Waals surface area contributed by atoms with Gasteiger partial charge in [-0.05, 0) is 38.5 Å². The van der Waals surface area contributed by atoms with Crippen LogP contribution in [-0.2, 0) is 0 Å². The molecule has 0 saturated heterocycles. The average Bonchev–Trinajstić information content (AvgIpc) is 2.60. The monoisotopic (exact) mass is 350 g/mol. The summed E-state index contributed by atoms with van der Waals surface area (Å²) in [7, 11) is 0. The largest absolute Gasteiger partial charge is 0.661 e. The van der Waals surface area contributed by atoms with E-state index >= 15 is 0 Å². The molecule has 0 radical (unpaired) electrons. The van der Waals surface area contributed by atoms with Gasteiger partial charge in [-0.2, -0.15) is 0 Å². The van der Waals surface area contributed by atoms with Crippen LogP contribution < -0.4 is 0 Å². The number of allylic oxidation sites excluding steroid dienone is 8. The molecule has 0 atom stereocenters. The Morgan fingerprint density at radius 3 is 1.62 bits per heavy atom. The maximum Gasteiger partial charge on any atom is 0.00347 e. The molecule has 1 nitrogen and oxygen atoms in total. The predicted octanol–water partition coefficient (Wildman–Crippen LogP) is 7.74. The summed E-state index contributed by atoms with van der Waals surface area (Å²) in [6.07, 6.45) is 30.1. The van der Waals surface area contributed by atoms with Crippen LogP contribution in [-0.4, -0.2) is 19.0 Å². The van der Waals surface area contributed by atoms with Gasteiger partial charge in [-0.3, -0.25) is 0 Å². The third-order valence-corrected chi connectivity index (χ3v) is 3.81. The first kappa shape index (κ1) is 23.2. The molecule has 0 bridgehead atoms. The standard InChI is InChI=1S/C22H37ClN/c1-2-3-4-5-6-7-8-9-10-11-12-13-14-15-16-17-18-19-21-24-22-20-23/h6-7,9-10,12-13,15-16H,2-5,8,11,14,17-22H2,1H3/q-1/b7-6+,10-9+,13-12+,16-15+. The fourth-order valence-corrected chi connectivity index (χ4v) is 2.34. The second-order valence-corrected chi connectivity index (χ2v) is 6.32. The van der Waals surface area contributed by atoms with E-state index in [0.717, 1.165) is 38.8 Å². The summed E-state index contributed by atoms with van der Waals surface area (Å²) in [6.45, 7) is 4.00. The van der Waals surface area contributed by atoms with Crippen LogP contribution in [0.25, 0.3) is 5.32 Å². The molecule has 0 aliphatic heterocycles. The molecule has 0 heterocycles. The highest BCUT2D eigenvalue weighted by Crippen LogP contribution is 2.02. The van der Waals surface area contributed by atoms with Crippen LogP contribution in [0.1, 0.15) is 71.1 Å². The number of rotatable bonds is 17. The van der Waals surface area contributed by atoms with Gasteiger partial charge in [0.15, 0.2) is 0 Å². The molecule has 0 N–H and O–H groups in total. The van der Waals surface area contributed by atoms with Crippen molar-refractivity contribution in [1.82, 2.24) is 0 Å². The topological polar surface area (TPSA) is 14.1 Å². The van der Waals surface area contributed by atoms with Crippen LogP contribution in [0, 0.1) is 0 Å². The summed E-state index contributed by atoms with van der Waals surface area (Å²) in [6, 6.07) is 0. The van der Waals surface area contributed by atoms with Gasteiger partial charge in [-0.15, -0.1) is 24.7 Å². The fourth-order valence-electron chi connectivity index (χ4n) is 2.22. The zero-order valence-corrected chi connectivity index (χ0v) is 16.4. The van der Waals surface area contributed by atoms with Crippen LogP contribution in [0.3, 0.4) is 0 Å². The third kappa shape index (κ3) is 21.2. The van der Waals surface area contributed by atoms with E-state index in [0.29, 0.717) is 5.88 Å². The summed E-state index contributed by atoms with van der Waals surface area (Å²) in [5.41, 5.74) is 0. The molecule has 0 fully saturated rings. The second-order valence-electron chi connectivity index (χ2n) is 5.94. The Morgan fingerprint density at radius 1 is 0.625 bits per heavy atom. The number of unbranched alkanes of at least 4 members (excludes halogenated alkanes) is 5. The van der Waals surface area contributed by atoms with E-state index in [-0.39, 0.29) is 0 Å². The number of hydrogen-bond acceptors (Lipinski definition) is 0. The molecule has 0 spiro atoms. The van der Waals surface area contributed by atoms with Gasteiger partial charge < -0.3 is 5.32 Å². The molecule has 0 aromatic rings. The smallest absolute Gasteiger partial charge is 0.00347 e. The third-order valence-electron chi connectivity index (χ3n) is 3.64. The first-order valence-electron chi connectivity index (χ1n) is 9.71. The Hall–Kier alpha value is -0.790. The SMILES string of the molecule is CCCCC/C=C/C/C=C/C/C=C/C/C=C/CCCC[N-]CCCl. The van der Waals surface area contributed by atoms with E-state index in [1.807, 2.05) is 0 Å². The normalized spacial score (nSPS) is 12.6. The van der Waals surface area contributed by atoms with Crippen LogP contribution in [0.15, 0.2) is 48.6 Å². The first-order valence-corrected chi connectivity index (χ1v) is 10.2. The van der Waals surface area contributed by atoms with Crippen molar-refractivity contribution >= 4 is 11.6 Å². The molecule has 2 heteroatoms. The Bertz CT molecular complexity index is 342. The molecule has 138 valence electrons. The van der Waals surface area contributed by atoms with E-state index in [2.05, 4.69) is 60.8 Å². The number of halogens is 1. The van der Waals surface area contributed by atoms with Crippen LogP contribution in [0.2, 0.25) is 0 Å². The second kappa shape index (κ2) is 22.2. The Morgan fingerprint density at radius 2 is 1.12 bits per heavy atom. The Balaban J connectivity index is 3.33. The van der Waals surface area contributed by atoms with E-state index in [1.165, 1.54) is 38.5 Å². The first-order chi connectivity index (χ1) is 11.9. The van der Waals surface area contributed by atoms with Crippen molar-refractivity contribution in [3.8, 4) is 0 Å². The van der Waals surface area contributed by atoms with E-state index in [1.54, 1.807) is 0 Å². The highest BCUT2D eigenvalue weighted by molar-refractivity contribution is 6.18. The van der Waals surface area contributed by atoms with Gasteiger partial charge in [0.05, 0.1) is 0 Å². The Kier molecular flexibility index (Phi) is 21.5. The van der Waals surface area contributed by atoms with Crippen LogP contribution >= 0.6 is 11.6 Å². The highest BCUT2D eigenvalue weighted by Gasteiger charge is 1.81. The minimum atomic E-state index is 0.650. The van der Waals surface area contributed by atoms with Gasteiger partial charge in [0.2, 0.25) is 0 Å². The van der Waals surface area contributed by atoms with Crippen molar-refractivity contribution in [3.05, 3.63) is 53.9 Å². The van der Waals surface area contributed by atoms with Gasteiger partial charge in [0, 0.05) is 5.88 Å². The number of nitrogens with zero attached hydrogens (tertiary/aromatic N) is 1. The lowest BCUT2D eigenvalue weighted by atomic mass is 10.2. The van der Waals surface area contributed by atoms with Crippen molar-refractivity contribution in [2.45, 2.75) is 71.1 Å². The lowest BCUT2D eigenvalue weighted by Gasteiger charge is -2.15.